The minimum absolute atomic E-state index is 0.0220. The van der Waals surface area contributed by atoms with Crippen LogP contribution in [0, 0.1) is 0 Å². The highest BCUT2D eigenvalue weighted by Gasteiger charge is 2.24. The maximum atomic E-state index is 12.7. The van der Waals surface area contributed by atoms with E-state index in [1.54, 1.807) is 7.05 Å². The number of carbonyl (C=O) groups is 1. The van der Waals surface area contributed by atoms with Gasteiger partial charge >= 0.3 is 11.7 Å². The molecular weight excluding hydrogens is 343 g/mol. The first-order valence-corrected chi connectivity index (χ1v) is 7.65. The fourth-order valence-electron chi connectivity index (χ4n) is 2.90. The van der Waals surface area contributed by atoms with Crippen LogP contribution in [0.15, 0.2) is 21.7 Å². The topological polar surface area (TPSA) is 81.3 Å². The molecule has 0 bridgehead atoms. The van der Waals surface area contributed by atoms with Crippen molar-refractivity contribution in [3.8, 4) is 5.69 Å². The summed E-state index contributed by atoms with van der Waals surface area (Å²) in [7, 11) is 1.59. The monoisotopic (exact) mass is 354 g/mol. The number of carboxylic acids is 1. The maximum Gasteiger partial charge on any atom is 0.337 e. The number of halogens is 2. The van der Waals surface area contributed by atoms with Crippen molar-refractivity contribution in [2.75, 3.05) is 0 Å². The molecule has 8 heteroatoms. The van der Waals surface area contributed by atoms with Crippen LogP contribution in [-0.4, -0.2) is 20.2 Å². The lowest BCUT2D eigenvalue weighted by Gasteiger charge is -2.14. The van der Waals surface area contributed by atoms with Crippen molar-refractivity contribution in [1.29, 1.82) is 0 Å². The summed E-state index contributed by atoms with van der Waals surface area (Å²) >= 11 is 12.0. The molecule has 1 aromatic heterocycles. The Kier molecular flexibility index (Phi) is 3.82. The van der Waals surface area contributed by atoms with E-state index in [4.69, 9.17) is 23.2 Å². The van der Waals surface area contributed by atoms with Gasteiger partial charge in [-0.2, -0.15) is 0 Å². The molecule has 0 spiro atoms. The first kappa shape index (κ1) is 15.8. The first-order valence-electron chi connectivity index (χ1n) is 6.89. The average molecular weight is 355 g/mol. The zero-order valence-corrected chi connectivity index (χ0v) is 13.6. The van der Waals surface area contributed by atoms with Crippen molar-refractivity contribution in [1.82, 2.24) is 9.13 Å². The van der Waals surface area contributed by atoms with Gasteiger partial charge in [-0.15, -0.1) is 0 Å². The molecule has 0 unspecified atom stereocenters. The molecule has 2 aromatic rings. The predicted molar refractivity (Wildman–Crippen MR) is 86.3 cm³/mol. The highest BCUT2D eigenvalue weighted by atomic mass is 35.5. The van der Waals surface area contributed by atoms with E-state index in [9.17, 15) is 19.5 Å². The third-order valence-electron chi connectivity index (χ3n) is 4.04. The molecule has 23 heavy (non-hydrogen) atoms. The van der Waals surface area contributed by atoms with Crippen molar-refractivity contribution < 1.29 is 9.90 Å². The normalized spacial score (nSPS) is 13.2. The average Bonchev–Trinajstić information content (AvgIpc) is 2.96. The lowest BCUT2D eigenvalue weighted by molar-refractivity contribution is 0.0697. The van der Waals surface area contributed by atoms with Crippen molar-refractivity contribution in [2.24, 2.45) is 7.05 Å². The molecule has 0 radical (unpaired) electrons. The van der Waals surface area contributed by atoms with Gasteiger partial charge in [0.25, 0.3) is 5.56 Å². The van der Waals surface area contributed by atoms with Crippen LogP contribution in [0.3, 0.4) is 0 Å². The van der Waals surface area contributed by atoms with Gasteiger partial charge in [-0.25, -0.2) is 14.2 Å². The largest absolute Gasteiger partial charge is 0.478 e. The van der Waals surface area contributed by atoms with Gasteiger partial charge in [0.2, 0.25) is 0 Å². The number of aromatic nitrogens is 2. The quantitative estimate of drug-likeness (QED) is 0.894. The van der Waals surface area contributed by atoms with Crippen molar-refractivity contribution in [2.45, 2.75) is 19.3 Å². The number of rotatable bonds is 2. The molecule has 1 aliphatic rings. The highest BCUT2D eigenvalue weighted by molar-refractivity contribution is 6.37. The van der Waals surface area contributed by atoms with E-state index in [1.165, 1.54) is 10.6 Å². The van der Waals surface area contributed by atoms with Gasteiger partial charge in [-0.1, -0.05) is 23.2 Å². The Bertz CT molecular complexity index is 959. The van der Waals surface area contributed by atoms with Crippen LogP contribution in [0.1, 0.15) is 28.0 Å². The minimum atomic E-state index is -1.26. The van der Waals surface area contributed by atoms with Crippen LogP contribution in [-0.2, 0) is 19.9 Å². The molecule has 0 saturated heterocycles. The Morgan fingerprint density at radius 3 is 2.52 bits per heavy atom. The van der Waals surface area contributed by atoms with Crippen molar-refractivity contribution in [3.05, 3.63) is 59.8 Å². The van der Waals surface area contributed by atoms with Crippen LogP contribution < -0.4 is 11.2 Å². The first-order chi connectivity index (χ1) is 10.8. The number of benzene rings is 1. The summed E-state index contributed by atoms with van der Waals surface area (Å²) < 4.78 is 2.32. The molecule has 120 valence electrons. The van der Waals surface area contributed by atoms with Crippen LogP contribution >= 0.6 is 23.2 Å². The summed E-state index contributed by atoms with van der Waals surface area (Å²) in [4.78, 5) is 36.5. The summed E-state index contributed by atoms with van der Waals surface area (Å²) in [5.74, 6) is -1.26. The Morgan fingerprint density at radius 1 is 1.17 bits per heavy atom. The maximum absolute atomic E-state index is 12.7. The molecule has 6 nitrogen and oxygen atoms in total. The number of hydrogen-bond donors (Lipinski definition) is 1. The number of aromatic carboxylic acids is 1. The fraction of sp³-hybridized carbons (Fsp3) is 0.267. The molecule has 3 rings (SSSR count). The van der Waals surface area contributed by atoms with E-state index in [-0.39, 0.29) is 21.3 Å². The van der Waals surface area contributed by atoms with E-state index in [1.807, 2.05) is 0 Å². The van der Waals surface area contributed by atoms with Crippen LogP contribution in [0.4, 0.5) is 0 Å². The number of fused-ring (bicyclic) bond motifs is 1. The van der Waals surface area contributed by atoms with Gasteiger partial charge in [0, 0.05) is 18.3 Å². The fourth-order valence-corrected chi connectivity index (χ4v) is 3.45. The van der Waals surface area contributed by atoms with E-state index in [0.29, 0.717) is 18.4 Å². The SMILES string of the molecule is Cn1c2c(c(=O)n(-c3cc(C(=O)O)c(Cl)cc3Cl)c1=O)CCC2. The molecule has 0 amide bonds. The van der Waals surface area contributed by atoms with Crippen LogP contribution in [0.5, 0.6) is 0 Å². The Morgan fingerprint density at radius 2 is 1.87 bits per heavy atom. The van der Waals surface area contributed by atoms with Crippen LogP contribution in [0.25, 0.3) is 5.69 Å². The van der Waals surface area contributed by atoms with Gasteiger partial charge < -0.3 is 9.67 Å². The molecular formula is C15H12Cl2N2O4. The van der Waals surface area contributed by atoms with Crippen molar-refractivity contribution >= 4 is 29.2 Å². The number of hydrogen-bond acceptors (Lipinski definition) is 3. The van der Waals surface area contributed by atoms with E-state index in [2.05, 4.69) is 0 Å². The zero-order valence-electron chi connectivity index (χ0n) is 12.1. The van der Waals surface area contributed by atoms with Crippen molar-refractivity contribution in [3.63, 3.8) is 0 Å². The lowest BCUT2D eigenvalue weighted by atomic mass is 10.2. The summed E-state index contributed by atoms with van der Waals surface area (Å²) in [5, 5.41) is 9.16. The summed E-state index contributed by atoms with van der Waals surface area (Å²) in [5.41, 5.74) is 0.0708. The standard InChI is InChI=1S/C15H12Cl2N2O4/c1-18-11-4-2-3-7(11)13(20)19(15(18)23)12-5-8(14(21)22)9(16)6-10(12)17/h5-6H,2-4H2,1H3,(H,21,22). The molecule has 1 heterocycles. The zero-order chi connectivity index (χ0) is 16.9. The van der Waals surface area contributed by atoms with Gasteiger partial charge in [0.15, 0.2) is 0 Å². The summed E-state index contributed by atoms with van der Waals surface area (Å²) in [6.45, 7) is 0. The molecule has 0 atom stereocenters. The van der Waals surface area contributed by atoms with E-state index >= 15 is 0 Å². The second-order valence-corrected chi connectivity index (χ2v) is 6.16. The summed E-state index contributed by atoms with van der Waals surface area (Å²) in [6, 6.07) is 2.37. The molecule has 0 fully saturated rings. The third kappa shape index (κ3) is 2.38. The predicted octanol–water partition coefficient (Wildman–Crippen LogP) is 2.03. The number of carboxylic acid groups (broad SMARTS) is 1. The lowest BCUT2D eigenvalue weighted by Crippen LogP contribution is -2.40. The number of nitrogens with zero attached hydrogens (tertiary/aromatic N) is 2. The second kappa shape index (κ2) is 5.54. The van der Waals surface area contributed by atoms with Crippen LogP contribution in [0.2, 0.25) is 10.0 Å². The Hall–Kier alpha value is -2.05. The van der Waals surface area contributed by atoms with E-state index in [0.717, 1.165) is 22.7 Å². The Labute approximate surface area is 140 Å². The molecule has 1 aromatic carbocycles. The van der Waals surface area contributed by atoms with Gasteiger partial charge in [-0.3, -0.25) is 4.79 Å². The smallest absolute Gasteiger partial charge is 0.337 e. The molecule has 0 saturated carbocycles. The highest BCUT2D eigenvalue weighted by Crippen LogP contribution is 2.27. The van der Waals surface area contributed by atoms with Gasteiger partial charge in [-0.05, 0) is 31.4 Å². The molecule has 0 aliphatic heterocycles. The molecule has 1 aliphatic carbocycles. The molecule has 1 N–H and O–H groups in total. The van der Waals surface area contributed by atoms with Gasteiger partial charge in [0.1, 0.15) is 0 Å². The second-order valence-electron chi connectivity index (χ2n) is 5.35. The Balaban J connectivity index is 2.39. The van der Waals surface area contributed by atoms with Gasteiger partial charge in [0.05, 0.1) is 21.3 Å². The summed E-state index contributed by atoms with van der Waals surface area (Å²) in [6.07, 6.45) is 2.06. The van der Waals surface area contributed by atoms with E-state index < -0.39 is 17.2 Å². The minimum Gasteiger partial charge on any atom is -0.478 e. The third-order valence-corrected chi connectivity index (χ3v) is 4.66.